The van der Waals surface area contributed by atoms with Crippen LogP contribution in [0.4, 0.5) is 0 Å². The van der Waals surface area contributed by atoms with E-state index in [1.54, 1.807) is 14.2 Å². The highest BCUT2D eigenvalue weighted by Crippen LogP contribution is 2.15. The van der Waals surface area contributed by atoms with Crippen molar-refractivity contribution >= 4 is 17.2 Å². The first kappa shape index (κ1) is 18.0. The van der Waals surface area contributed by atoms with Crippen molar-refractivity contribution in [3.05, 3.63) is 35.4 Å². The van der Waals surface area contributed by atoms with Crippen molar-refractivity contribution in [2.45, 2.75) is 6.10 Å². The Morgan fingerprint density at radius 1 is 1.19 bits per heavy atom. The summed E-state index contributed by atoms with van der Waals surface area (Å²) in [6.45, 7) is 3.27. The molecule has 0 spiro atoms. The third kappa shape index (κ3) is 6.50. The second-order valence-electron chi connectivity index (χ2n) is 4.79. The average Bonchev–Trinajstić information content (AvgIpc) is 2.49. The van der Waals surface area contributed by atoms with Crippen LogP contribution in [0, 0.1) is 0 Å². The molecule has 118 valence electrons. The Balaban J connectivity index is 2.61. The van der Waals surface area contributed by atoms with Gasteiger partial charge in [0.1, 0.15) is 4.99 Å². The van der Waals surface area contributed by atoms with Gasteiger partial charge in [0.2, 0.25) is 0 Å². The topological polar surface area (TPSA) is 68.0 Å². The summed E-state index contributed by atoms with van der Waals surface area (Å²) in [5, 5.41) is 10.3. The molecule has 1 atom stereocenters. The van der Waals surface area contributed by atoms with Gasteiger partial charge in [-0.2, -0.15) is 0 Å². The number of nitrogens with zero attached hydrogens (tertiary/aromatic N) is 1. The van der Waals surface area contributed by atoms with E-state index in [-0.39, 0.29) is 0 Å². The Morgan fingerprint density at radius 3 is 2.14 bits per heavy atom. The first-order valence-corrected chi connectivity index (χ1v) is 7.27. The van der Waals surface area contributed by atoms with Gasteiger partial charge in [-0.1, -0.05) is 36.5 Å². The molecular formula is C15H24N2O3S. The minimum absolute atomic E-state index is 0.359. The fourth-order valence-corrected chi connectivity index (χ4v) is 2.09. The molecule has 6 heteroatoms. The summed E-state index contributed by atoms with van der Waals surface area (Å²) in [6.07, 6.45) is -0.570. The smallest absolute Gasteiger partial charge is 0.103 e. The Labute approximate surface area is 131 Å². The van der Waals surface area contributed by atoms with Gasteiger partial charge in [0.05, 0.1) is 19.3 Å². The number of nitrogens with two attached hydrogens (primary N) is 1. The van der Waals surface area contributed by atoms with E-state index in [4.69, 9.17) is 27.4 Å². The van der Waals surface area contributed by atoms with Crippen molar-refractivity contribution in [3.8, 4) is 0 Å². The fraction of sp³-hybridized carbons (Fsp3) is 0.533. The molecule has 0 aliphatic carbocycles. The zero-order chi connectivity index (χ0) is 15.7. The highest BCUT2D eigenvalue weighted by molar-refractivity contribution is 7.80. The second-order valence-corrected chi connectivity index (χ2v) is 5.23. The summed E-state index contributed by atoms with van der Waals surface area (Å²) in [4.78, 5) is 2.47. The summed E-state index contributed by atoms with van der Waals surface area (Å²) in [6, 6.07) is 7.36. The van der Waals surface area contributed by atoms with Gasteiger partial charge in [-0.05, 0) is 5.56 Å². The molecule has 0 saturated heterocycles. The molecule has 5 nitrogen and oxygen atoms in total. The van der Waals surface area contributed by atoms with Crippen molar-refractivity contribution in [1.82, 2.24) is 4.90 Å². The number of hydrogen-bond acceptors (Lipinski definition) is 5. The maximum Gasteiger partial charge on any atom is 0.103 e. The monoisotopic (exact) mass is 312 g/mol. The predicted octanol–water partition coefficient (Wildman–Crippen LogP) is 0.949. The number of methoxy groups -OCH3 is 2. The van der Waals surface area contributed by atoms with Crippen molar-refractivity contribution in [3.63, 3.8) is 0 Å². The Bertz CT molecular complexity index is 417. The van der Waals surface area contributed by atoms with Crippen LogP contribution >= 0.6 is 12.2 Å². The fourth-order valence-electron chi connectivity index (χ4n) is 1.95. The van der Waals surface area contributed by atoms with Crippen LogP contribution in [0.5, 0.6) is 0 Å². The number of ether oxygens (including phenoxy) is 2. The summed E-state index contributed by atoms with van der Waals surface area (Å²) >= 11 is 4.92. The summed E-state index contributed by atoms with van der Waals surface area (Å²) in [5.74, 6) is 0. The van der Waals surface area contributed by atoms with E-state index in [1.807, 2.05) is 24.3 Å². The van der Waals surface area contributed by atoms with Gasteiger partial charge in [0.25, 0.3) is 0 Å². The van der Waals surface area contributed by atoms with E-state index in [2.05, 4.69) is 4.90 Å². The minimum Gasteiger partial charge on any atom is -0.389 e. The molecule has 0 heterocycles. The van der Waals surface area contributed by atoms with E-state index in [0.717, 1.165) is 24.2 Å². The van der Waals surface area contributed by atoms with Crippen LogP contribution in [-0.2, 0) is 9.47 Å². The largest absolute Gasteiger partial charge is 0.389 e. The van der Waals surface area contributed by atoms with Gasteiger partial charge < -0.3 is 20.3 Å². The molecule has 1 aromatic rings. The Morgan fingerprint density at radius 2 is 1.71 bits per heavy atom. The molecule has 0 aromatic heterocycles. The van der Waals surface area contributed by atoms with Gasteiger partial charge >= 0.3 is 0 Å². The lowest BCUT2D eigenvalue weighted by atomic mass is 10.1. The average molecular weight is 312 g/mol. The lowest BCUT2D eigenvalue weighted by Gasteiger charge is -2.24. The first-order chi connectivity index (χ1) is 10.1. The zero-order valence-electron chi connectivity index (χ0n) is 12.6. The molecule has 1 unspecified atom stereocenters. The molecule has 1 aromatic carbocycles. The minimum atomic E-state index is -0.570. The number of aliphatic hydroxyl groups is 1. The lowest BCUT2D eigenvalue weighted by Crippen LogP contribution is -2.34. The van der Waals surface area contributed by atoms with E-state index >= 15 is 0 Å². The molecule has 1 rings (SSSR count). The third-order valence-corrected chi connectivity index (χ3v) is 3.47. The number of thiocarbonyl (C=S) groups is 1. The third-order valence-electron chi connectivity index (χ3n) is 3.23. The van der Waals surface area contributed by atoms with Gasteiger partial charge in [0, 0.05) is 39.4 Å². The van der Waals surface area contributed by atoms with Crippen LogP contribution in [-0.4, -0.2) is 62.1 Å². The molecular weight excluding hydrogens is 288 g/mol. The number of aliphatic hydroxyl groups excluding tert-OH is 1. The maximum absolute atomic E-state index is 10.3. The highest BCUT2D eigenvalue weighted by Gasteiger charge is 2.13. The van der Waals surface area contributed by atoms with Crippen LogP contribution in [0.1, 0.15) is 17.2 Å². The molecule has 3 N–H and O–H groups in total. The van der Waals surface area contributed by atoms with Gasteiger partial charge in [-0.25, -0.2) is 0 Å². The van der Waals surface area contributed by atoms with Crippen LogP contribution in [0.15, 0.2) is 24.3 Å². The van der Waals surface area contributed by atoms with Gasteiger partial charge in [0.15, 0.2) is 0 Å². The van der Waals surface area contributed by atoms with Crippen LogP contribution in [0.2, 0.25) is 0 Å². The summed E-state index contributed by atoms with van der Waals surface area (Å²) in [7, 11) is 3.33. The van der Waals surface area contributed by atoms with Crippen LogP contribution in [0.25, 0.3) is 0 Å². The molecule has 0 aliphatic heterocycles. The van der Waals surface area contributed by atoms with Crippen LogP contribution < -0.4 is 5.73 Å². The Hall–Kier alpha value is -1.05. The standard InChI is InChI=1S/C15H24N2O3S/c1-19-9-7-17(8-10-20-2)11-14(18)12-3-5-13(6-4-12)15(16)21/h3-6,14,18H,7-11H2,1-2H3,(H2,16,21). The first-order valence-electron chi connectivity index (χ1n) is 6.86. The Kier molecular flexibility index (Phi) is 8.41. The summed E-state index contributed by atoms with van der Waals surface area (Å²) in [5.41, 5.74) is 7.21. The van der Waals surface area contributed by atoms with Crippen molar-refractivity contribution < 1.29 is 14.6 Å². The van der Waals surface area contributed by atoms with E-state index in [1.165, 1.54) is 0 Å². The van der Waals surface area contributed by atoms with E-state index in [0.29, 0.717) is 24.7 Å². The molecule has 0 aliphatic rings. The lowest BCUT2D eigenvalue weighted by molar-refractivity contribution is 0.0697. The molecule has 21 heavy (non-hydrogen) atoms. The summed E-state index contributed by atoms with van der Waals surface area (Å²) < 4.78 is 10.2. The van der Waals surface area contributed by atoms with Crippen LogP contribution in [0.3, 0.4) is 0 Å². The zero-order valence-corrected chi connectivity index (χ0v) is 13.4. The highest BCUT2D eigenvalue weighted by atomic mass is 32.1. The van der Waals surface area contributed by atoms with Gasteiger partial charge in [-0.3, -0.25) is 4.90 Å². The SMILES string of the molecule is COCCN(CCOC)CC(O)c1ccc(C(N)=S)cc1. The maximum atomic E-state index is 10.3. The van der Waals surface area contributed by atoms with Gasteiger partial charge in [-0.15, -0.1) is 0 Å². The number of benzene rings is 1. The van der Waals surface area contributed by atoms with Crippen molar-refractivity contribution in [2.75, 3.05) is 47.1 Å². The normalized spacial score (nSPS) is 12.6. The quantitative estimate of drug-likeness (QED) is 0.627. The second kappa shape index (κ2) is 9.81. The number of hydrogen-bond donors (Lipinski definition) is 2. The molecule has 0 radical (unpaired) electrons. The molecule has 0 bridgehead atoms. The predicted molar refractivity (Wildman–Crippen MR) is 87.5 cm³/mol. The molecule has 0 saturated carbocycles. The van der Waals surface area contributed by atoms with Crippen molar-refractivity contribution in [2.24, 2.45) is 5.73 Å². The van der Waals surface area contributed by atoms with E-state index < -0.39 is 6.10 Å². The van der Waals surface area contributed by atoms with Crippen molar-refractivity contribution in [1.29, 1.82) is 0 Å². The molecule has 0 fully saturated rings. The van der Waals surface area contributed by atoms with E-state index in [9.17, 15) is 5.11 Å². The number of rotatable bonds is 10. The molecule has 0 amide bonds.